The number of benzene rings is 1. The molecule has 0 spiro atoms. The summed E-state index contributed by atoms with van der Waals surface area (Å²) in [7, 11) is 0. The number of carboxylic acid groups (broad SMARTS) is 1. The minimum Gasteiger partial charge on any atom is -0.481 e. The van der Waals surface area contributed by atoms with Gasteiger partial charge in [0.05, 0.1) is 6.54 Å². The molecule has 26 heavy (non-hydrogen) atoms. The fourth-order valence-corrected chi connectivity index (χ4v) is 3.67. The van der Waals surface area contributed by atoms with Gasteiger partial charge in [-0.3, -0.25) is 20.0 Å². The van der Waals surface area contributed by atoms with Gasteiger partial charge in [0.15, 0.2) is 0 Å². The summed E-state index contributed by atoms with van der Waals surface area (Å²) in [5.74, 6) is -0.614. The van der Waals surface area contributed by atoms with E-state index in [2.05, 4.69) is 4.90 Å². The molecule has 1 amide bonds. The summed E-state index contributed by atoms with van der Waals surface area (Å²) < 4.78 is 5.49. The number of amidine groups is 1. The Kier molecular flexibility index (Phi) is 5.41. The highest BCUT2D eigenvalue weighted by atomic mass is 16.6. The Balaban J connectivity index is 1.57. The predicted molar refractivity (Wildman–Crippen MR) is 96.5 cm³/mol. The number of amides is 1. The minimum absolute atomic E-state index is 0.0144. The number of anilines is 1. The second-order valence-electron chi connectivity index (χ2n) is 6.94. The number of carbonyl (C=O) groups excluding carboxylic acids is 1. The number of rotatable bonds is 6. The highest BCUT2D eigenvalue weighted by Gasteiger charge is 2.34. The van der Waals surface area contributed by atoms with Crippen molar-refractivity contribution in [3.63, 3.8) is 0 Å². The number of carbonyl (C=O) groups is 2. The Bertz CT molecular complexity index is 691. The summed E-state index contributed by atoms with van der Waals surface area (Å²) >= 11 is 0. The normalized spacial score (nSPS) is 23.7. The van der Waals surface area contributed by atoms with Crippen LogP contribution in [0, 0.1) is 11.3 Å². The average Bonchev–Trinajstić information content (AvgIpc) is 2.95. The minimum atomic E-state index is -0.760. The Morgan fingerprint density at radius 2 is 2.04 bits per heavy atom. The summed E-state index contributed by atoms with van der Waals surface area (Å²) in [5, 5.41) is 16.4. The van der Waals surface area contributed by atoms with Crippen molar-refractivity contribution in [1.29, 1.82) is 5.41 Å². The lowest BCUT2D eigenvalue weighted by atomic mass is 9.94. The first-order valence-corrected chi connectivity index (χ1v) is 8.79. The zero-order valence-corrected chi connectivity index (χ0v) is 14.6. The SMILES string of the molecule is N=C(N)c1ccc(N2CC(CN3CCCC(CC(=O)O)C3)OC2=O)cc1. The average molecular weight is 360 g/mol. The van der Waals surface area contributed by atoms with Crippen LogP contribution in [0.1, 0.15) is 24.8 Å². The second kappa shape index (κ2) is 7.74. The van der Waals surface area contributed by atoms with E-state index in [1.54, 1.807) is 29.2 Å². The number of ether oxygens (including phenoxy) is 1. The lowest BCUT2D eigenvalue weighted by Gasteiger charge is -2.33. The number of nitrogens with zero attached hydrogens (tertiary/aromatic N) is 2. The van der Waals surface area contributed by atoms with E-state index in [-0.39, 0.29) is 30.4 Å². The molecule has 2 unspecified atom stereocenters. The number of cyclic esters (lactones) is 1. The van der Waals surface area contributed by atoms with Crippen LogP contribution in [0.2, 0.25) is 0 Å². The van der Waals surface area contributed by atoms with Crippen LogP contribution in [0.15, 0.2) is 24.3 Å². The van der Waals surface area contributed by atoms with E-state index in [0.29, 0.717) is 24.3 Å². The molecule has 0 bridgehead atoms. The van der Waals surface area contributed by atoms with Crippen molar-refractivity contribution >= 4 is 23.6 Å². The third kappa shape index (κ3) is 4.32. The van der Waals surface area contributed by atoms with Crippen LogP contribution in [0.3, 0.4) is 0 Å². The van der Waals surface area contributed by atoms with Gasteiger partial charge in [0, 0.05) is 30.8 Å². The van der Waals surface area contributed by atoms with Crippen LogP contribution < -0.4 is 10.6 Å². The Morgan fingerprint density at radius 3 is 2.69 bits per heavy atom. The summed E-state index contributed by atoms with van der Waals surface area (Å²) in [4.78, 5) is 26.9. The molecule has 8 heteroatoms. The molecular weight excluding hydrogens is 336 g/mol. The number of hydrogen-bond acceptors (Lipinski definition) is 5. The van der Waals surface area contributed by atoms with Crippen molar-refractivity contribution in [1.82, 2.24) is 4.90 Å². The van der Waals surface area contributed by atoms with Gasteiger partial charge in [-0.05, 0) is 49.6 Å². The van der Waals surface area contributed by atoms with Gasteiger partial charge in [0.25, 0.3) is 0 Å². The fraction of sp³-hybridized carbons (Fsp3) is 0.500. The van der Waals surface area contributed by atoms with E-state index in [4.69, 9.17) is 21.0 Å². The topological polar surface area (TPSA) is 120 Å². The second-order valence-corrected chi connectivity index (χ2v) is 6.94. The standard InChI is InChI=1S/C18H24N4O4/c19-17(20)13-3-5-14(6-4-13)22-11-15(26-18(22)25)10-21-7-1-2-12(9-21)8-16(23)24/h3-6,12,15H,1-2,7-11H2,(H3,19,20)(H,23,24). The van der Waals surface area contributed by atoms with Crippen molar-refractivity contribution < 1.29 is 19.4 Å². The molecule has 2 aliphatic rings. The molecule has 2 atom stereocenters. The first-order valence-electron chi connectivity index (χ1n) is 8.79. The zero-order chi connectivity index (χ0) is 18.7. The maximum atomic E-state index is 12.2. The Hall–Kier alpha value is -2.61. The number of hydrogen-bond donors (Lipinski definition) is 3. The third-order valence-electron chi connectivity index (χ3n) is 4.89. The molecule has 0 radical (unpaired) electrons. The molecule has 1 aromatic rings. The predicted octanol–water partition coefficient (Wildman–Crippen LogP) is 1.48. The number of carboxylic acids is 1. The van der Waals surface area contributed by atoms with Crippen molar-refractivity contribution in [3.05, 3.63) is 29.8 Å². The molecule has 2 saturated heterocycles. The number of piperidine rings is 1. The quantitative estimate of drug-likeness (QED) is 0.522. The molecule has 2 fully saturated rings. The van der Waals surface area contributed by atoms with E-state index in [0.717, 1.165) is 25.9 Å². The highest BCUT2D eigenvalue weighted by Crippen LogP contribution is 2.25. The van der Waals surface area contributed by atoms with E-state index in [1.165, 1.54) is 0 Å². The van der Waals surface area contributed by atoms with E-state index in [1.807, 2.05) is 0 Å². The molecule has 0 saturated carbocycles. The van der Waals surface area contributed by atoms with E-state index in [9.17, 15) is 9.59 Å². The lowest BCUT2D eigenvalue weighted by molar-refractivity contribution is -0.138. The molecule has 140 valence electrons. The first kappa shape index (κ1) is 18.2. The van der Waals surface area contributed by atoms with Crippen molar-refractivity contribution in [3.8, 4) is 0 Å². The van der Waals surface area contributed by atoms with Gasteiger partial charge >= 0.3 is 12.1 Å². The molecule has 2 heterocycles. The molecule has 3 rings (SSSR count). The number of nitrogens with one attached hydrogen (secondary N) is 1. The van der Waals surface area contributed by atoms with Crippen LogP contribution in [-0.2, 0) is 9.53 Å². The summed E-state index contributed by atoms with van der Waals surface area (Å²) in [5.41, 5.74) is 6.77. The number of likely N-dealkylation sites (tertiary alicyclic amines) is 1. The number of nitrogens with two attached hydrogens (primary N) is 1. The maximum Gasteiger partial charge on any atom is 0.414 e. The Morgan fingerprint density at radius 1 is 1.31 bits per heavy atom. The molecule has 1 aromatic carbocycles. The molecule has 4 N–H and O–H groups in total. The summed E-state index contributed by atoms with van der Waals surface area (Å²) in [6, 6.07) is 6.92. The van der Waals surface area contributed by atoms with Crippen LogP contribution in [0.5, 0.6) is 0 Å². The molecule has 8 nitrogen and oxygen atoms in total. The Labute approximate surface area is 152 Å². The van der Waals surface area contributed by atoms with E-state index >= 15 is 0 Å². The van der Waals surface area contributed by atoms with Crippen LogP contribution >= 0.6 is 0 Å². The third-order valence-corrected chi connectivity index (χ3v) is 4.89. The fourth-order valence-electron chi connectivity index (χ4n) is 3.67. The van der Waals surface area contributed by atoms with Gasteiger partial charge in [-0.25, -0.2) is 4.79 Å². The van der Waals surface area contributed by atoms with Crippen LogP contribution in [0.25, 0.3) is 0 Å². The van der Waals surface area contributed by atoms with Crippen LogP contribution in [0.4, 0.5) is 10.5 Å². The largest absolute Gasteiger partial charge is 0.481 e. The van der Waals surface area contributed by atoms with Crippen LogP contribution in [-0.4, -0.2) is 60.2 Å². The van der Waals surface area contributed by atoms with Gasteiger partial charge in [0.1, 0.15) is 11.9 Å². The zero-order valence-electron chi connectivity index (χ0n) is 14.6. The van der Waals surface area contributed by atoms with Crippen molar-refractivity contribution in [2.24, 2.45) is 11.7 Å². The first-order chi connectivity index (χ1) is 12.4. The van der Waals surface area contributed by atoms with Gasteiger partial charge in [-0.2, -0.15) is 0 Å². The van der Waals surface area contributed by atoms with Gasteiger partial charge in [-0.15, -0.1) is 0 Å². The van der Waals surface area contributed by atoms with E-state index < -0.39 is 5.97 Å². The summed E-state index contributed by atoms with van der Waals surface area (Å²) in [6.45, 7) is 2.70. The lowest BCUT2D eigenvalue weighted by Crippen LogP contribution is -2.41. The number of nitrogen functional groups attached to an aromatic ring is 1. The monoisotopic (exact) mass is 360 g/mol. The maximum absolute atomic E-state index is 12.2. The molecule has 0 aromatic heterocycles. The van der Waals surface area contributed by atoms with Crippen molar-refractivity contribution in [2.75, 3.05) is 31.1 Å². The molecule has 0 aliphatic carbocycles. The smallest absolute Gasteiger partial charge is 0.414 e. The van der Waals surface area contributed by atoms with Gasteiger partial charge < -0.3 is 15.6 Å². The summed E-state index contributed by atoms with van der Waals surface area (Å²) in [6.07, 6.45) is 1.47. The van der Waals surface area contributed by atoms with Gasteiger partial charge in [-0.1, -0.05) is 0 Å². The molecular formula is C18H24N4O4. The highest BCUT2D eigenvalue weighted by molar-refractivity contribution is 5.96. The molecule has 2 aliphatic heterocycles. The number of aliphatic carboxylic acids is 1. The van der Waals surface area contributed by atoms with Crippen molar-refractivity contribution in [2.45, 2.75) is 25.4 Å². The van der Waals surface area contributed by atoms with Gasteiger partial charge in [0.2, 0.25) is 0 Å².